The summed E-state index contributed by atoms with van der Waals surface area (Å²) in [5, 5.41) is 1.05. The van der Waals surface area contributed by atoms with Crippen LogP contribution in [-0.4, -0.2) is 70.8 Å². The van der Waals surface area contributed by atoms with Crippen LogP contribution in [0.15, 0.2) is 15.6 Å². The van der Waals surface area contributed by atoms with E-state index in [1.165, 1.54) is 6.21 Å². The third-order valence-corrected chi connectivity index (χ3v) is 3.79. The predicted octanol–water partition coefficient (Wildman–Crippen LogP) is -0.494. The molecule has 0 saturated carbocycles. The van der Waals surface area contributed by atoms with Crippen molar-refractivity contribution in [2.75, 3.05) is 46.4 Å². The van der Waals surface area contributed by atoms with Crippen LogP contribution < -0.4 is 0 Å². The van der Waals surface area contributed by atoms with Gasteiger partial charge in [0.1, 0.15) is 6.61 Å². The zero-order valence-corrected chi connectivity index (χ0v) is 10.7. The Morgan fingerprint density at radius 3 is 2.65 bits per heavy atom. The Labute approximate surface area is 102 Å². The van der Waals surface area contributed by atoms with Crippen LogP contribution in [0.2, 0.25) is 0 Å². The van der Waals surface area contributed by atoms with Crippen LogP contribution in [-0.2, 0) is 14.8 Å². The van der Waals surface area contributed by atoms with Crippen molar-refractivity contribution in [3.63, 3.8) is 0 Å². The van der Waals surface area contributed by atoms with E-state index >= 15 is 0 Å². The minimum atomic E-state index is -3.40. The Hall–Kier alpha value is -0.920. The van der Waals surface area contributed by atoms with Gasteiger partial charge in [-0.1, -0.05) is 0 Å². The molecule has 2 aliphatic heterocycles. The van der Waals surface area contributed by atoms with Gasteiger partial charge in [0.25, 0.3) is 10.0 Å². The van der Waals surface area contributed by atoms with Gasteiger partial charge in [-0.3, -0.25) is 4.90 Å². The molecule has 0 unspecified atom stereocenters. The van der Waals surface area contributed by atoms with Crippen molar-refractivity contribution in [1.29, 1.82) is 0 Å². The van der Waals surface area contributed by atoms with E-state index in [-0.39, 0.29) is 0 Å². The highest BCUT2D eigenvalue weighted by Crippen LogP contribution is 2.09. The van der Waals surface area contributed by atoms with E-state index in [1.54, 1.807) is 0 Å². The maximum absolute atomic E-state index is 11.0. The SMILES string of the molecule is CN1CCN(CCOC2=CS(=O)(=O)N=C2)CC1. The molecule has 0 N–H and O–H groups in total. The molecule has 0 aromatic carbocycles. The second kappa shape index (κ2) is 5.16. The third kappa shape index (κ3) is 3.79. The fourth-order valence-corrected chi connectivity index (χ4v) is 2.50. The van der Waals surface area contributed by atoms with E-state index in [4.69, 9.17) is 4.74 Å². The van der Waals surface area contributed by atoms with Crippen LogP contribution in [0.5, 0.6) is 0 Å². The summed E-state index contributed by atoms with van der Waals surface area (Å²) in [6.07, 6.45) is 1.25. The smallest absolute Gasteiger partial charge is 0.279 e. The fraction of sp³-hybridized carbons (Fsp3) is 0.700. The second-order valence-electron chi connectivity index (χ2n) is 4.26. The van der Waals surface area contributed by atoms with Crippen molar-refractivity contribution in [2.45, 2.75) is 0 Å². The van der Waals surface area contributed by atoms with Crippen molar-refractivity contribution in [1.82, 2.24) is 9.80 Å². The van der Waals surface area contributed by atoms with E-state index < -0.39 is 10.0 Å². The summed E-state index contributed by atoms with van der Waals surface area (Å²) in [7, 11) is -1.29. The molecular weight excluding hydrogens is 242 g/mol. The molecule has 0 spiro atoms. The lowest BCUT2D eigenvalue weighted by Gasteiger charge is -2.32. The van der Waals surface area contributed by atoms with Crippen LogP contribution in [0.25, 0.3) is 0 Å². The lowest BCUT2D eigenvalue weighted by Crippen LogP contribution is -2.45. The normalized spacial score (nSPS) is 24.9. The molecule has 2 aliphatic rings. The largest absolute Gasteiger partial charge is 0.490 e. The van der Waals surface area contributed by atoms with Crippen LogP contribution in [0.3, 0.4) is 0 Å². The number of ether oxygens (including phenoxy) is 1. The van der Waals surface area contributed by atoms with Gasteiger partial charge < -0.3 is 9.64 Å². The molecule has 0 bridgehead atoms. The lowest BCUT2D eigenvalue weighted by molar-refractivity contribution is 0.118. The van der Waals surface area contributed by atoms with Crippen molar-refractivity contribution in [2.24, 2.45) is 4.40 Å². The van der Waals surface area contributed by atoms with Gasteiger partial charge in [-0.2, -0.15) is 12.8 Å². The number of hydrogen-bond donors (Lipinski definition) is 0. The van der Waals surface area contributed by atoms with Gasteiger partial charge in [0.15, 0.2) is 5.76 Å². The summed E-state index contributed by atoms with van der Waals surface area (Å²) in [6.45, 7) is 5.52. The van der Waals surface area contributed by atoms with Crippen molar-refractivity contribution >= 4 is 16.2 Å². The molecule has 0 aromatic heterocycles. The summed E-state index contributed by atoms with van der Waals surface area (Å²) in [6, 6.07) is 0. The first kappa shape index (κ1) is 12.5. The maximum atomic E-state index is 11.0. The molecule has 1 fully saturated rings. The third-order valence-electron chi connectivity index (χ3n) is 2.86. The van der Waals surface area contributed by atoms with Crippen molar-refractivity contribution in [3.05, 3.63) is 11.2 Å². The topological polar surface area (TPSA) is 62.2 Å². The number of sulfonamides is 1. The molecule has 0 amide bonds. The molecule has 6 nitrogen and oxygen atoms in total. The molecule has 0 atom stereocenters. The lowest BCUT2D eigenvalue weighted by atomic mass is 10.3. The Morgan fingerprint density at radius 2 is 2.06 bits per heavy atom. The van der Waals surface area contributed by atoms with E-state index in [9.17, 15) is 8.42 Å². The Kier molecular flexibility index (Phi) is 3.80. The highest BCUT2D eigenvalue weighted by Gasteiger charge is 2.16. The van der Waals surface area contributed by atoms with E-state index in [1.807, 2.05) is 0 Å². The second-order valence-corrected chi connectivity index (χ2v) is 5.74. The standard InChI is InChI=1S/C10H17N3O3S/c1-12-2-4-13(5-3-12)6-7-16-10-8-11-17(14,15)9-10/h8-9H,2-7H2,1H3. The van der Waals surface area contributed by atoms with Crippen LogP contribution >= 0.6 is 0 Å². The zero-order chi connectivity index (χ0) is 12.3. The van der Waals surface area contributed by atoms with E-state index in [0.717, 1.165) is 38.1 Å². The minimum absolute atomic E-state index is 0.333. The Balaban J connectivity index is 1.69. The summed E-state index contributed by atoms with van der Waals surface area (Å²) >= 11 is 0. The van der Waals surface area contributed by atoms with Crippen molar-refractivity contribution in [3.8, 4) is 0 Å². The van der Waals surface area contributed by atoms with Gasteiger partial charge in [0.05, 0.1) is 11.6 Å². The van der Waals surface area contributed by atoms with Gasteiger partial charge in [-0.05, 0) is 7.05 Å². The maximum Gasteiger partial charge on any atom is 0.279 e. The quantitative estimate of drug-likeness (QED) is 0.681. The van der Waals surface area contributed by atoms with Crippen LogP contribution in [0.4, 0.5) is 0 Å². The van der Waals surface area contributed by atoms with Gasteiger partial charge in [-0.25, -0.2) is 0 Å². The van der Waals surface area contributed by atoms with Gasteiger partial charge in [0.2, 0.25) is 0 Å². The highest BCUT2D eigenvalue weighted by atomic mass is 32.2. The summed E-state index contributed by atoms with van der Waals surface area (Å²) in [5.74, 6) is 0.333. The van der Waals surface area contributed by atoms with Gasteiger partial charge in [0, 0.05) is 32.7 Å². The minimum Gasteiger partial charge on any atom is -0.490 e. The number of allylic oxidation sites excluding steroid dienone is 1. The monoisotopic (exact) mass is 259 g/mol. The summed E-state index contributed by atoms with van der Waals surface area (Å²) in [4.78, 5) is 4.59. The van der Waals surface area contributed by atoms with Crippen LogP contribution in [0.1, 0.15) is 0 Å². The molecular formula is C10H17N3O3S. The van der Waals surface area contributed by atoms with E-state index in [0.29, 0.717) is 12.4 Å². The first-order valence-corrected chi connectivity index (χ1v) is 7.11. The number of likely N-dealkylation sites (N-methyl/N-ethyl adjacent to an activating group) is 1. The molecule has 17 heavy (non-hydrogen) atoms. The molecule has 2 heterocycles. The number of nitrogens with zero attached hydrogens (tertiary/aromatic N) is 3. The fourth-order valence-electron chi connectivity index (χ4n) is 1.77. The molecule has 96 valence electrons. The van der Waals surface area contributed by atoms with Crippen molar-refractivity contribution < 1.29 is 13.2 Å². The van der Waals surface area contributed by atoms with Crippen LogP contribution in [0, 0.1) is 0 Å². The molecule has 2 rings (SSSR count). The van der Waals surface area contributed by atoms with Gasteiger partial charge >= 0.3 is 0 Å². The molecule has 0 radical (unpaired) electrons. The Morgan fingerprint density at radius 1 is 1.35 bits per heavy atom. The highest BCUT2D eigenvalue weighted by molar-refractivity contribution is 7.93. The summed E-state index contributed by atoms with van der Waals surface area (Å²) in [5.41, 5.74) is 0. The molecule has 7 heteroatoms. The molecule has 0 aliphatic carbocycles. The average molecular weight is 259 g/mol. The number of hydrogen-bond acceptors (Lipinski definition) is 5. The predicted molar refractivity (Wildman–Crippen MR) is 65.4 cm³/mol. The first-order valence-electron chi connectivity index (χ1n) is 5.61. The molecule has 0 aromatic rings. The first-order chi connectivity index (χ1) is 8.05. The van der Waals surface area contributed by atoms with Gasteiger partial charge in [-0.15, -0.1) is 0 Å². The zero-order valence-electron chi connectivity index (χ0n) is 9.87. The van der Waals surface area contributed by atoms with E-state index in [2.05, 4.69) is 21.2 Å². The summed E-state index contributed by atoms with van der Waals surface area (Å²) < 4.78 is 30.6. The molecule has 1 saturated heterocycles. The Bertz CT molecular complexity index is 422. The average Bonchev–Trinajstić information content (AvgIpc) is 2.61. The number of piperazine rings is 1. The number of rotatable bonds is 4.